The van der Waals surface area contributed by atoms with E-state index in [1.165, 1.54) is 12.1 Å². The summed E-state index contributed by atoms with van der Waals surface area (Å²) >= 11 is 0. The summed E-state index contributed by atoms with van der Waals surface area (Å²) in [5, 5.41) is 3.04. The van der Waals surface area contributed by atoms with E-state index in [0.717, 1.165) is 29.1 Å². The molecule has 2 aromatic rings. The molecule has 1 aromatic heterocycles. The van der Waals surface area contributed by atoms with Gasteiger partial charge < -0.3 is 5.32 Å². The van der Waals surface area contributed by atoms with Crippen LogP contribution in [0.15, 0.2) is 24.3 Å². The Morgan fingerprint density at radius 2 is 1.95 bits per heavy atom. The minimum absolute atomic E-state index is 0.269. The number of aromatic nitrogens is 2. The van der Waals surface area contributed by atoms with Gasteiger partial charge in [-0.1, -0.05) is 19.9 Å². The van der Waals surface area contributed by atoms with Gasteiger partial charge in [0.2, 0.25) is 0 Å². The fraction of sp³-hybridized carbons (Fsp3) is 0.375. The summed E-state index contributed by atoms with van der Waals surface area (Å²) in [6.45, 7) is 6.23. The molecule has 20 heavy (non-hydrogen) atoms. The Kier molecular flexibility index (Phi) is 4.32. The second kappa shape index (κ2) is 5.99. The maximum Gasteiger partial charge on any atom is 0.162 e. The molecule has 0 unspecified atom stereocenters. The zero-order chi connectivity index (χ0) is 14.7. The molecular weight excluding hydrogens is 253 g/mol. The molecule has 0 aliphatic heterocycles. The van der Waals surface area contributed by atoms with Crippen LogP contribution in [0.2, 0.25) is 0 Å². The predicted molar refractivity (Wildman–Crippen MR) is 80.3 cm³/mol. The first-order valence-electron chi connectivity index (χ1n) is 6.82. The van der Waals surface area contributed by atoms with Crippen LogP contribution in [0.1, 0.15) is 25.1 Å². The van der Waals surface area contributed by atoms with Crippen molar-refractivity contribution >= 4 is 5.82 Å². The third-order valence-corrected chi connectivity index (χ3v) is 3.09. The van der Waals surface area contributed by atoms with Gasteiger partial charge in [0, 0.05) is 24.4 Å². The lowest BCUT2D eigenvalue weighted by molar-refractivity contribution is 0.627. The Morgan fingerprint density at radius 1 is 1.20 bits per heavy atom. The average molecular weight is 273 g/mol. The van der Waals surface area contributed by atoms with E-state index in [2.05, 4.69) is 29.1 Å². The van der Waals surface area contributed by atoms with Gasteiger partial charge in [-0.3, -0.25) is 0 Å². The molecule has 4 heteroatoms. The van der Waals surface area contributed by atoms with E-state index >= 15 is 0 Å². The van der Waals surface area contributed by atoms with Gasteiger partial charge >= 0.3 is 0 Å². The Hall–Kier alpha value is -1.97. The molecule has 0 aliphatic rings. The molecule has 0 radical (unpaired) electrons. The van der Waals surface area contributed by atoms with E-state index in [4.69, 9.17) is 0 Å². The monoisotopic (exact) mass is 273 g/mol. The number of nitrogens with one attached hydrogen (secondary N) is 1. The van der Waals surface area contributed by atoms with E-state index in [1.54, 1.807) is 6.07 Å². The van der Waals surface area contributed by atoms with Crippen molar-refractivity contribution in [2.24, 2.45) is 5.92 Å². The van der Waals surface area contributed by atoms with Crippen molar-refractivity contribution in [2.75, 3.05) is 12.4 Å². The van der Waals surface area contributed by atoms with Crippen LogP contribution in [0.5, 0.6) is 0 Å². The van der Waals surface area contributed by atoms with Crippen LogP contribution in [0.3, 0.4) is 0 Å². The van der Waals surface area contributed by atoms with Crippen LogP contribution in [-0.4, -0.2) is 17.0 Å². The molecular formula is C16H20FN3. The van der Waals surface area contributed by atoms with Crippen LogP contribution in [0.4, 0.5) is 10.2 Å². The third kappa shape index (κ3) is 3.32. The SMILES string of the molecule is CNc1cc(CC(C)C)nc(-c2cc(F)ccc2C)n1. The van der Waals surface area contributed by atoms with E-state index in [0.29, 0.717) is 11.7 Å². The van der Waals surface area contributed by atoms with Crippen molar-refractivity contribution in [2.45, 2.75) is 27.2 Å². The van der Waals surface area contributed by atoms with E-state index in [1.807, 2.05) is 20.0 Å². The fourth-order valence-corrected chi connectivity index (χ4v) is 2.10. The molecule has 0 saturated carbocycles. The third-order valence-electron chi connectivity index (χ3n) is 3.09. The first-order valence-corrected chi connectivity index (χ1v) is 6.82. The Bertz CT molecular complexity index is 609. The largest absolute Gasteiger partial charge is 0.373 e. The van der Waals surface area contributed by atoms with Crippen LogP contribution in [0.25, 0.3) is 11.4 Å². The standard InChI is InChI=1S/C16H20FN3/c1-10(2)7-13-9-15(18-4)20-16(19-13)14-8-12(17)6-5-11(14)3/h5-6,8-10H,7H2,1-4H3,(H,18,19,20). The van der Waals surface area contributed by atoms with Gasteiger partial charge in [0.1, 0.15) is 11.6 Å². The maximum atomic E-state index is 13.5. The smallest absolute Gasteiger partial charge is 0.162 e. The van der Waals surface area contributed by atoms with Gasteiger partial charge in [0.15, 0.2) is 5.82 Å². The minimum Gasteiger partial charge on any atom is -0.373 e. The molecule has 2 rings (SSSR count). The van der Waals surface area contributed by atoms with E-state index in [-0.39, 0.29) is 5.82 Å². The zero-order valence-corrected chi connectivity index (χ0v) is 12.4. The van der Waals surface area contributed by atoms with Gasteiger partial charge in [-0.25, -0.2) is 14.4 Å². The van der Waals surface area contributed by atoms with Crippen molar-refractivity contribution in [1.29, 1.82) is 0 Å². The van der Waals surface area contributed by atoms with Crippen molar-refractivity contribution in [3.8, 4) is 11.4 Å². The van der Waals surface area contributed by atoms with Crippen molar-refractivity contribution in [3.05, 3.63) is 41.3 Å². The molecule has 0 amide bonds. The molecule has 0 atom stereocenters. The summed E-state index contributed by atoms with van der Waals surface area (Å²) in [5.74, 6) is 1.57. The summed E-state index contributed by atoms with van der Waals surface area (Å²) in [5.41, 5.74) is 2.68. The summed E-state index contributed by atoms with van der Waals surface area (Å²) in [7, 11) is 1.82. The number of benzene rings is 1. The Morgan fingerprint density at radius 3 is 2.60 bits per heavy atom. The molecule has 0 saturated heterocycles. The summed E-state index contributed by atoms with van der Waals surface area (Å²) in [6.07, 6.45) is 0.874. The fourth-order valence-electron chi connectivity index (χ4n) is 2.10. The molecule has 3 nitrogen and oxygen atoms in total. The minimum atomic E-state index is -0.269. The Labute approximate surface area is 119 Å². The summed E-state index contributed by atoms with van der Waals surface area (Å²) in [4.78, 5) is 9.02. The zero-order valence-electron chi connectivity index (χ0n) is 12.4. The highest BCUT2D eigenvalue weighted by molar-refractivity contribution is 5.61. The topological polar surface area (TPSA) is 37.8 Å². The van der Waals surface area contributed by atoms with Gasteiger partial charge in [0.05, 0.1) is 0 Å². The van der Waals surface area contributed by atoms with Gasteiger partial charge in [0.25, 0.3) is 0 Å². The quantitative estimate of drug-likeness (QED) is 0.920. The van der Waals surface area contributed by atoms with Crippen molar-refractivity contribution in [3.63, 3.8) is 0 Å². The highest BCUT2D eigenvalue weighted by Gasteiger charge is 2.10. The van der Waals surface area contributed by atoms with Crippen LogP contribution in [-0.2, 0) is 6.42 Å². The van der Waals surface area contributed by atoms with E-state index < -0.39 is 0 Å². The number of rotatable bonds is 4. The van der Waals surface area contributed by atoms with Gasteiger partial charge in [-0.15, -0.1) is 0 Å². The first kappa shape index (κ1) is 14.4. The molecule has 1 N–H and O–H groups in total. The lowest BCUT2D eigenvalue weighted by Gasteiger charge is -2.11. The van der Waals surface area contributed by atoms with Crippen molar-refractivity contribution in [1.82, 2.24) is 9.97 Å². The second-order valence-electron chi connectivity index (χ2n) is 5.38. The van der Waals surface area contributed by atoms with E-state index in [9.17, 15) is 4.39 Å². The van der Waals surface area contributed by atoms with Crippen LogP contribution >= 0.6 is 0 Å². The maximum absolute atomic E-state index is 13.5. The Balaban J connectivity index is 2.52. The molecule has 1 heterocycles. The highest BCUT2D eigenvalue weighted by atomic mass is 19.1. The molecule has 0 fully saturated rings. The molecule has 1 aromatic carbocycles. The normalized spacial score (nSPS) is 10.9. The van der Waals surface area contributed by atoms with Crippen molar-refractivity contribution < 1.29 is 4.39 Å². The number of aryl methyl sites for hydroxylation is 1. The summed E-state index contributed by atoms with van der Waals surface area (Å²) < 4.78 is 13.5. The molecule has 0 spiro atoms. The molecule has 0 aliphatic carbocycles. The number of halogens is 1. The van der Waals surface area contributed by atoms with Crippen LogP contribution < -0.4 is 5.32 Å². The number of nitrogens with zero attached hydrogens (tertiary/aromatic N) is 2. The van der Waals surface area contributed by atoms with Gasteiger partial charge in [-0.05, 0) is 37.0 Å². The number of anilines is 1. The average Bonchev–Trinajstić information content (AvgIpc) is 2.40. The number of hydrogen-bond acceptors (Lipinski definition) is 3. The lowest BCUT2D eigenvalue weighted by Crippen LogP contribution is -2.04. The number of hydrogen-bond donors (Lipinski definition) is 1. The predicted octanol–water partition coefficient (Wildman–Crippen LogP) is 3.83. The lowest BCUT2D eigenvalue weighted by atomic mass is 10.1. The van der Waals surface area contributed by atoms with Gasteiger partial charge in [-0.2, -0.15) is 0 Å². The highest BCUT2D eigenvalue weighted by Crippen LogP contribution is 2.23. The second-order valence-corrected chi connectivity index (χ2v) is 5.38. The molecule has 106 valence electrons. The first-order chi connectivity index (χ1) is 9.49. The molecule has 0 bridgehead atoms. The summed E-state index contributed by atoms with van der Waals surface area (Å²) in [6, 6.07) is 6.64. The van der Waals surface area contributed by atoms with Crippen LogP contribution in [0, 0.1) is 18.7 Å².